The maximum absolute atomic E-state index is 14.5. The quantitative estimate of drug-likeness (QED) is 0.212. The lowest BCUT2D eigenvalue weighted by atomic mass is 9.96. The van der Waals surface area contributed by atoms with Crippen molar-refractivity contribution in [1.82, 2.24) is 24.9 Å². The summed E-state index contributed by atoms with van der Waals surface area (Å²) in [7, 11) is 0. The number of piperidine rings is 1. The lowest BCUT2D eigenvalue weighted by Crippen LogP contribution is -2.45. The van der Waals surface area contributed by atoms with E-state index in [0.29, 0.717) is 45.1 Å². The number of nitrogens with zero attached hydrogens (tertiary/aromatic N) is 5. The van der Waals surface area contributed by atoms with Crippen LogP contribution in [0.25, 0.3) is 27.8 Å². The van der Waals surface area contributed by atoms with Gasteiger partial charge in [0.2, 0.25) is 0 Å². The standard InChI is InChI=1S/C30H24BrClFN5O/c31-24-11-7-13-26(33)29(24)38-18-19(35-36-38)16-20-8-5-6-15-37(20)30(39)23-17-28(22-10-1-3-12-25(22)32)34-27-14-4-2-9-21(23)27/h1-4,7,9-14,17-18,20H,5-6,8,15-16H2. The van der Waals surface area contributed by atoms with Crippen LogP contribution in [-0.2, 0) is 6.42 Å². The van der Waals surface area contributed by atoms with Gasteiger partial charge in [-0.3, -0.25) is 4.79 Å². The van der Waals surface area contributed by atoms with E-state index in [1.165, 1.54) is 10.7 Å². The molecule has 0 aliphatic carbocycles. The summed E-state index contributed by atoms with van der Waals surface area (Å²) in [5.74, 6) is -0.440. The Bertz CT molecular complexity index is 1670. The summed E-state index contributed by atoms with van der Waals surface area (Å²) in [6, 6.07) is 21.8. The van der Waals surface area contributed by atoms with Crippen molar-refractivity contribution < 1.29 is 9.18 Å². The van der Waals surface area contributed by atoms with Crippen LogP contribution in [0.2, 0.25) is 5.02 Å². The second kappa shape index (κ2) is 10.9. The number of benzene rings is 3. The van der Waals surface area contributed by atoms with E-state index in [-0.39, 0.29) is 11.9 Å². The predicted molar refractivity (Wildman–Crippen MR) is 154 cm³/mol. The number of carbonyl (C=O) groups excluding carboxylic acids is 1. The molecule has 1 aliphatic rings. The van der Waals surface area contributed by atoms with Gasteiger partial charge < -0.3 is 4.90 Å². The van der Waals surface area contributed by atoms with E-state index in [2.05, 4.69) is 26.2 Å². The van der Waals surface area contributed by atoms with Crippen LogP contribution < -0.4 is 0 Å². The van der Waals surface area contributed by atoms with Crippen LogP contribution in [0, 0.1) is 5.82 Å². The molecule has 1 aliphatic heterocycles. The Balaban J connectivity index is 1.34. The molecule has 3 heterocycles. The summed E-state index contributed by atoms with van der Waals surface area (Å²) in [5, 5.41) is 9.87. The van der Waals surface area contributed by atoms with Crippen LogP contribution in [-0.4, -0.2) is 43.4 Å². The first-order valence-electron chi connectivity index (χ1n) is 12.8. The first-order chi connectivity index (χ1) is 19.0. The highest BCUT2D eigenvalue weighted by molar-refractivity contribution is 9.10. The minimum absolute atomic E-state index is 0.0455. The van der Waals surface area contributed by atoms with Crippen molar-refractivity contribution in [2.75, 3.05) is 6.54 Å². The van der Waals surface area contributed by atoms with Gasteiger partial charge in [-0.25, -0.2) is 14.1 Å². The Morgan fingerprint density at radius 3 is 2.72 bits per heavy atom. The lowest BCUT2D eigenvalue weighted by molar-refractivity contribution is 0.0614. The number of carbonyl (C=O) groups is 1. The Labute approximate surface area is 238 Å². The van der Waals surface area contributed by atoms with Crippen LogP contribution in [0.5, 0.6) is 0 Å². The molecular formula is C30H24BrClFN5O. The van der Waals surface area contributed by atoms with Crippen molar-refractivity contribution >= 4 is 44.3 Å². The summed E-state index contributed by atoms with van der Waals surface area (Å²) < 4.78 is 16.5. The van der Waals surface area contributed by atoms with Crippen molar-refractivity contribution in [2.24, 2.45) is 0 Å². The van der Waals surface area contributed by atoms with Gasteiger partial charge >= 0.3 is 0 Å². The summed E-state index contributed by atoms with van der Waals surface area (Å²) in [4.78, 5) is 20.9. The fraction of sp³-hybridized carbons (Fsp3) is 0.200. The number of hydrogen-bond acceptors (Lipinski definition) is 4. The zero-order valence-electron chi connectivity index (χ0n) is 20.9. The summed E-state index contributed by atoms with van der Waals surface area (Å²) in [6.07, 6.45) is 5.05. The van der Waals surface area contributed by atoms with Gasteiger partial charge in [-0.2, -0.15) is 0 Å². The number of halogens is 3. The van der Waals surface area contributed by atoms with Crippen molar-refractivity contribution in [3.8, 4) is 16.9 Å². The van der Waals surface area contributed by atoms with Gasteiger partial charge in [0.1, 0.15) is 11.5 Å². The molecule has 196 valence electrons. The molecule has 39 heavy (non-hydrogen) atoms. The van der Waals surface area contributed by atoms with Crippen molar-refractivity contribution in [1.29, 1.82) is 0 Å². The van der Waals surface area contributed by atoms with Gasteiger partial charge in [-0.1, -0.05) is 59.3 Å². The minimum atomic E-state index is -0.394. The van der Waals surface area contributed by atoms with E-state index < -0.39 is 5.82 Å². The molecule has 1 saturated heterocycles. The lowest BCUT2D eigenvalue weighted by Gasteiger charge is -2.36. The fourth-order valence-corrected chi connectivity index (χ4v) is 6.00. The van der Waals surface area contributed by atoms with Gasteiger partial charge in [0, 0.05) is 39.5 Å². The van der Waals surface area contributed by atoms with E-state index in [0.717, 1.165) is 35.7 Å². The summed E-state index contributed by atoms with van der Waals surface area (Å²) in [6.45, 7) is 0.647. The molecule has 5 aromatic rings. The molecular weight excluding hydrogens is 581 g/mol. The molecule has 0 spiro atoms. The topological polar surface area (TPSA) is 63.9 Å². The molecule has 1 amide bonds. The average molecular weight is 605 g/mol. The Kier molecular flexibility index (Phi) is 7.14. The maximum Gasteiger partial charge on any atom is 0.254 e. The molecule has 1 unspecified atom stereocenters. The van der Waals surface area contributed by atoms with Crippen molar-refractivity contribution in [2.45, 2.75) is 31.7 Å². The molecule has 1 fully saturated rings. The van der Waals surface area contributed by atoms with Gasteiger partial charge in [-0.05, 0) is 65.5 Å². The molecule has 2 aromatic heterocycles. The molecule has 0 bridgehead atoms. The number of amides is 1. The molecule has 0 radical (unpaired) electrons. The highest BCUT2D eigenvalue weighted by Crippen LogP contribution is 2.32. The Morgan fingerprint density at radius 2 is 1.87 bits per heavy atom. The molecule has 0 saturated carbocycles. The number of fused-ring (bicyclic) bond motifs is 1. The smallest absolute Gasteiger partial charge is 0.254 e. The number of hydrogen-bond donors (Lipinski definition) is 0. The maximum atomic E-state index is 14.5. The first kappa shape index (κ1) is 25.6. The highest BCUT2D eigenvalue weighted by atomic mass is 79.9. The van der Waals surface area contributed by atoms with E-state index in [9.17, 15) is 9.18 Å². The summed E-state index contributed by atoms with van der Waals surface area (Å²) in [5.41, 5.74) is 3.79. The minimum Gasteiger partial charge on any atom is -0.335 e. The number of pyridine rings is 1. The second-order valence-electron chi connectivity index (χ2n) is 9.63. The predicted octanol–water partition coefficient (Wildman–Crippen LogP) is 7.27. The molecule has 0 N–H and O–H groups in total. The SMILES string of the molecule is O=C(c1cc(-c2ccccc2Cl)nc2ccccc12)N1CCCCC1Cc1cn(-c2c(F)cccc2Br)nn1. The third-order valence-electron chi connectivity index (χ3n) is 7.14. The molecule has 3 aromatic carbocycles. The fourth-order valence-electron chi connectivity index (χ4n) is 5.24. The summed E-state index contributed by atoms with van der Waals surface area (Å²) >= 11 is 9.89. The molecule has 6 nitrogen and oxygen atoms in total. The van der Waals surface area contributed by atoms with E-state index >= 15 is 0 Å². The molecule has 6 rings (SSSR count). The van der Waals surface area contributed by atoms with Gasteiger partial charge in [0.15, 0.2) is 0 Å². The Hall–Kier alpha value is -3.62. The monoisotopic (exact) mass is 603 g/mol. The van der Waals surface area contributed by atoms with E-state index in [1.54, 1.807) is 18.3 Å². The number of rotatable bonds is 5. The molecule has 1 atom stereocenters. The van der Waals surface area contributed by atoms with Gasteiger partial charge in [0.25, 0.3) is 5.91 Å². The van der Waals surface area contributed by atoms with Crippen LogP contribution in [0.15, 0.2) is 83.5 Å². The normalized spacial score (nSPS) is 15.6. The van der Waals surface area contributed by atoms with E-state index in [4.69, 9.17) is 16.6 Å². The van der Waals surface area contributed by atoms with Crippen LogP contribution in [0.4, 0.5) is 4.39 Å². The van der Waals surface area contributed by atoms with Crippen LogP contribution >= 0.6 is 27.5 Å². The zero-order chi connectivity index (χ0) is 26.9. The zero-order valence-corrected chi connectivity index (χ0v) is 23.2. The third kappa shape index (κ3) is 5.06. The Morgan fingerprint density at radius 1 is 1.05 bits per heavy atom. The third-order valence-corrected chi connectivity index (χ3v) is 8.11. The molecule has 9 heteroatoms. The van der Waals surface area contributed by atoms with E-state index in [1.807, 2.05) is 59.5 Å². The number of aromatic nitrogens is 4. The van der Waals surface area contributed by atoms with Crippen LogP contribution in [0.3, 0.4) is 0 Å². The highest BCUT2D eigenvalue weighted by Gasteiger charge is 2.30. The number of likely N-dealkylation sites (tertiary alicyclic amines) is 1. The second-order valence-corrected chi connectivity index (χ2v) is 10.9. The van der Waals surface area contributed by atoms with Gasteiger partial charge in [-0.15, -0.1) is 5.10 Å². The van der Waals surface area contributed by atoms with Gasteiger partial charge in [0.05, 0.1) is 28.7 Å². The first-order valence-corrected chi connectivity index (χ1v) is 14.0. The van der Waals surface area contributed by atoms with Crippen molar-refractivity contribution in [3.63, 3.8) is 0 Å². The largest absolute Gasteiger partial charge is 0.335 e. The van der Waals surface area contributed by atoms with Crippen molar-refractivity contribution in [3.05, 3.63) is 106 Å². The van der Waals surface area contributed by atoms with Crippen LogP contribution in [0.1, 0.15) is 35.3 Å². The average Bonchev–Trinajstić information content (AvgIpc) is 3.40. The number of para-hydroxylation sites is 2.